The van der Waals surface area contributed by atoms with Gasteiger partial charge in [-0.3, -0.25) is 14.9 Å². The summed E-state index contributed by atoms with van der Waals surface area (Å²) >= 11 is 0.925. The van der Waals surface area contributed by atoms with Crippen LogP contribution in [-0.4, -0.2) is 33.4 Å². The summed E-state index contributed by atoms with van der Waals surface area (Å²) in [5.41, 5.74) is -0.0862. The van der Waals surface area contributed by atoms with Crippen molar-refractivity contribution >= 4 is 29.0 Å². The molecule has 1 aromatic heterocycles. The lowest BCUT2D eigenvalue weighted by atomic mass is 10.2. The number of nitro groups is 1. The molecule has 1 N–H and O–H groups in total. The van der Waals surface area contributed by atoms with Crippen molar-refractivity contribution in [1.82, 2.24) is 10.2 Å². The van der Waals surface area contributed by atoms with Gasteiger partial charge >= 0.3 is 0 Å². The maximum atomic E-state index is 13.8. The quantitative estimate of drug-likeness (QED) is 0.332. The number of amides is 1. The number of nitrogens with zero attached hydrogens (tertiary/aromatic N) is 3. The van der Waals surface area contributed by atoms with Gasteiger partial charge in [-0.05, 0) is 31.2 Å². The Labute approximate surface area is 168 Å². The normalized spacial score (nSPS) is 10.6. The van der Waals surface area contributed by atoms with E-state index in [2.05, 4.69) is 15.5 Å². The average molecular weight is 418 g/mol. The number of hydrogen-bond donors (Lipinski definition) is 1. The molecule has 0 saturated heterocycles. The van der Waals surface area contributed by atoms with Gasteiger partial charge in [0.2, 0.25) is 5.91 Å². The fraction of sp³-hybridized carbons (Fsp3) is 0.167. The number of carbonyl (C=O) groups is 1. The minimum Gasteiger partial charge on any atom is -0.494 e. The third-order valence-corrected chi connectivity index (χ3v) is 4.41. The zero-order chi connectivity index (χ0) is 20.8. The van der Waals surface area contributed by atoms with Crippen LogP contribution in [0.15, 0.2) is 52.1 Å². The van der Waals surface area contributed by atoms with Crippen molar-refractivity contribution in [2.75, 3.05) is 17.7 Å². The Bertz CT molecular complexity index is 1040. The predicted molar refractivity (Wildman–Crippen MR) is 103 cm³/mol. The van der Waals surface area contributed by atoms with E-state index >= 15 is 0 Å². The van der Waals surface area contributed by atoms with Crippen LogP contribution in [0.5, 0.6) is 5.75 Å². The lowest BCUT2D eigenvalue weighted by molar-refractivity contribution is -0.384. The number of carbonyl (C=O) groups excluding carboxylic acids is 1. The number of benzene rings is 2. The summed E-state index contributed by atoms with van der Waals surface area (Å²) in [6.45, 7) is 2.12. The minimum absolute atomic E-state index is 0.00633. The Morgan fingerprint density at radius 2 is 2.10 bits per heavy atom. The van der Waals surface area contributed by atoms with Crippen LogP contribution >= 0.6 is 11.8 Å². The fourth-order valence-corrected chi connectivity index (χ4v) is 2.91. The number of aromatic nitrogens is 2. The van der Waals surface area contributed by atoms with Gasteiger partial charge in [-0.1, -0.05) is 23.9 Å². The molecule has 1 amide bonds. The van der Waals surface area contributed by atoms with E-state index in [4.69, 9.17) is 9.15 Å². The molecule has 1 heterocycles. The van der Waals surface area contributed by atoms with E-state index in [1.165, 1.54) is 36.4 Å². The molecule has 11 heteroatoms. The topological polar surface area (TPSA) is 120 Å². The Hall–Kier alpha value is -3.47. The lowest BCUT2D eigenvalue weighted by Crippen LogP contribution is -2.15. The van der Waals surface area contributed by atoms with Crippen LogP contribution < -0.4 is 10.1 Å². The van der Waals surface area contributed by atoms with E-state index < -0.39 is 16.6 Å². The molecule has 3 rings (SSSR count). The maximum absolute atomic E-state index is 13.8. The zero-order valence-electron chi connectivity index (χ0n) is 15.1. The van der Waals surface area contributed by atoms with Crippen molar-refractivity contribution in [2.24, 2.45) is 0 Å². The number of nitro benzene ring substituents is 1. The Balaban J connectivity index is 1.64. The molecule has 0 saturated carbocycles. The number of anilines is 1. The standard InChI is InChI=1S/C18H15FN4O5S/c1-2-27-11-7-8-14(15(9-11)23(25)26)20-16(24)10-29-18-22-21-17(28-18)12-5-3-4-6-13(12)19/h3-9H,2,10H2,1H3,(H,20,24). The monoisotopic (exact) mass is 418 g/mol. The summed E-state index contributed by atoms with van der Waals surface area (Å²) in [5.74, 6) is -0.823. The first-order valence-electron chi connectivity index (χ1n) is 8.40. The molecular weight excluding hydrogens is 403 g/mol. The van der Waals surface area contributed by atoms with Gasteiger partial charge in [0, 0.05) is 0 Å². The molecule has 0 aliphatic heterocycles. The van der Waals surface area contributed by atoms with Crippen molar-refractivity contribution in [3.8, 4) is 17.2 Å². The lowest BCUT2D eigenvalue weighted by Gasteiger charge is -2.07. The Morgan fingerprint density at radius 3 is 2.83 bits per heavy atom. The van der Waals surface area contributed by atoms with Gasteiger partial charge in [-0.25, -0.2) is 4.39 Å². The van der Waals surface area contributed by atoms with Crippen LogP contribution in [0.4, 0.5) is 15.8 Å². The van der Waals surface area contributed by atoms with Crippen molar-refractivity contribution < 1.29 is 23.3 Å². The van der Waals surface area contributed by atoms with Gasteiger partial charge in [0.1, 0.15) is 17.3 Å². The van der Waals surface area contributed by atoms with Crippen LogP contribution in [0.3, 0.4) is 0 Å². The number of nitrogens with one attached hydrogen (secondary N) is 1. The fourth-order valence-electron chi connectivity index (χ4n) is 2.35. The van der Waals surface area contributed by atoms with Gasteiger partial charge < -0.3 is 14.5 Å². The smallest absolute Gasteiger partial charge is 0.296 e. The van der Waals surface area contributed by atoms with Gasteiger partial charge in [-0.2, -0.15) is 0 Å². The number of rotatable bonds is 8. The van der Waals surface area contributed by atoms with Crippen LogP contribution in [0.25, 0.3) is 11.5 Å². The molecule has 0 aliphatic carbocycles. The molecule has 150 valence electrons. The zero-order valence-corrected chi connectivity index (χ0v) is 15.9. The molecular formula is C18H15FN4O5S. The minimum atomic E-state index is -0.607. The highest BCUT2D eigenvalue weighted by atomic mass is 32.2. The van der Waals surface area contributed by atoms with Crippen LogP contribution in [-0.2, 0) is 4.79 Å². The van der Waals surface area contributed by atoms with Crippen molar-refractivity contribution in [1.29, 1.82) is 0 Å². The van der Waals surface area contributed by atoms with E-state index in [9.17, 15) is 19.3 Å². The maximum Gasteiger partial charge on any atom is 0.296 e. The van der Waals surface area contributed by atoms with Gasteiger partial charge in [0.15, 0.2) is 0 Å². The number of thioether (sulfide) groups is 1. The Kier molecular flexibility index (Phi) is 6.39. The van der Waals surface area contributed by atoms with Crippen molar-refractivity contribution in [2.45, 2.75) is 12.1 Å². The molecule has 9 nitrogen and oxygen atoms in total. The second-order valence-electron chi connectivity index (χ2n) is 5.56. The van der Waals surface area contributed by atoms with E-state index in [-0.39, 0.29) is 33.8 Å². The molecule has 0 bridgehead atoms. The highest BCUT2D eigenvalue weighted by molar-refractivity contribution is 7.99. The van der Waals surface area contributed by atoms with Gasteiger partial charge in [-0.15, -0.1) is 10.2 Å². The van der Waals surface area contributed by atoms with Gasteiger partial charge in [0.05, 0.1) is 28.9 Å². The summed E-state index contributed by atoms with van der Waals surface area (Å²) < 4.78 is 24.3. The van der Waals surface area contributed by atoms with E-state index in [1.807, 2.05) is 0 Å². The average Bonchev–Trinajstić information content (AvgIpc) is 3.17. The summed E-state index contributed by atoms with van der Waals surface area (Å²) in [4.78, 5) is 22.8. The second-order valence-corrected chi connectivity index (χ2v) is 6.49. The highest BCUT2D eigenvalue weighted by Gasteiger charge is 2.19. The van der Waals surface area contributed by atoms with Crippen LogP contribution in [0.1, 0.15) is 6.92 Å². The first-order chi connectivity index (χ1) is 14.0. The largest absolute Gasteiger partial charge is 0.494 e. The van der Waals surface area contributed by atoms with E-state index in [0.29, 0.717) is 12.4 Å². The molecule has 29 heavy (non-hydrogen) atoms. The summed E-state index contributed by atoms with van der Waals surface area (Å²) in [6, 6.07) is 10.1. The predicted octanol–water partition coefficient (Wildman–Crippen LogP) is 3.91. The van der Waals surface area contributed by atoms with Crippen molar-refractivity contribution in [3.63, 3.8) is 0 Å². The van der Waals surface area contributed by atoms with E-state index in [0.717, 1.165) is 11.8 Å². The number of ether oxygens (including phenoxy) is 1. The third kappa shape index (κ3) is 5.08. The SMILES string of the molecule is CCOc1ccc(NC(=O)CSc2nnc(-c3ccccc3F)o2)c([N+](=O)[O-])c1. The first-order valence-corrected chi connectivity index (χ1v) is 9.38. The van der Waals surface area contributed by atoms with Crippen molar-refractivity contribution in [3.05, 3.63) is 58.4 Å². The second kappa shape index (κ2) is 9.15. The molecule has 0 fully saturated rings. The summed E-state index contributed by atoms with van der Waals surface area (Å²) in [7, 11) is 0. The molecule has 3 aromatic rings. The molecule has 2 aromatic carbocycles. The highest BCUT2D eigenvalue weighted by Crippen LogP contribution is 2.30. The van der Waals surface area contributed by atoms with Crippen LogP contribution in [0, 0.1) is 15.9 Å². The molecule has 0 aliphatic rings. The molecule has 0 radical (unpaired) electrons. The molecule has 0 unspecified atom stereocenters. The molecule has 0 spiro atoms. The number of halogens is 1. The third-order valence-electron chi connectivity index (χ3n) is 3.59. The summed E-state index contributed by atoms with van der Waals surface area (Å²) in [6.07, 6.45) is 0. The molecule has 0 atom stereocenters. The van der Waals surface area contributed by atoms with Gasteiger partial charge in [0.25, 0.3) is 16.8 Å². The van der Waals surface area contributed by atoms with E-state index in [1.54, 1.807) is 13.0 Å². The Morgan fingerprint density at radius 1 is 1.31 bits per heavy atom. The number of hydrogen-bond acceptors (Lipinski definition) is 8. The first kappa shape index (κ1) is 20.3. The van der Waals surface area contributed by atoms with Crippen LogP contribution in [0.2, 0.25) is 0 Å². The summed E-state index contributed by atoms with van der Waals surface area (Å²) in [5, 5.41) is 21.3.